The molecule has 0 aliphatic carbocycles. The zero-order chi connectivity index (χ0) is 23.8. The number of hydrogen-bond donors (Lipinski definition) is 1. The van der Waals surface area contributed by atoms with E-state index in [0.717, 1.165) is 25.7 Å². The van der Waals surface area contributed by atoms with Crippen LogP contribution in [0, 0.1) is 11.8 Å². The summed E-state index contributed by atoms with van der Waals surface area (Å²) in [5.74, 6) is 0.0369. The Morgan fingerprint density at radius 3 is 2.52 bits per heavy atom. The Kier molecular flexibility index (Phi) is 8.99. The van der Waals surface area contributed by atoms with Crippen LogP contribution in [-0.4, -0.2) is 93.6 Å². The predicted molar refractivity (Wildman–Crippen MR) is 122 cm³/mol. The molecule has 1 aromatic rings. The highest BCUT2D eigenvalue weighted by molar-refractivity contribution is 5.89. The normalized spacial score (nSPS) is 21.7. The molecule has 3 heterocycles. The summed E-state index contributed by atoms with van der Waals surface area (Å²) in [7, 11) is 0. The van der Waals surface area contributed by atoms with Gasteiger partial charge >= 0.3 is 0 Å². The van der Waals surface area contributed by atoms with Gasteiger partial charge in [-0.3, -0.25) is 19.6 Å². The number of hydroxylamine groups is 2. The smallest absolute Gasteiger partial charge is 0.245 e. The fourth-order valence-corrected chi connectivity index (χ4v) is 4.78. The number of hydrogen-bond acceptors (Lipinski definition) is 7. The van der Waals surface area contributed by atoms with Crippen LogP contribution in [0.2, 0.25) is 0 Å². The molecule has 0 bridgehead atoms. The number of amides is 3. The number of piperazine rings is 1. The second-order valence-corrected chi connectivity index (χ2v) is 9.02. The van der Waals surface area contributed by atoms with Crippen LogP contribution in [0.3, 0.4) is 0 Å². The zero-order valence-electron chi connectivity index (χ0n) is 19.7. The van der Waals surface area contributed by atoms with Crippen molar-refractivity contribution >= 4 is 24.2 Å². The molecule has 1 N–H and O–H groups in total. The number of anilines is 1. The molecule has 33 heavy (non-hydrogen) atoms. The Morgan fingerprint density at radius 2 is 1.88 bits per heavy atom. The van der Waals surface area contributed by atoms with E-state index in [0.29, 0.717) is 56.6 Å². The molecular weight excluding hydrogens is 424 g/mol. The topological polar surface area (TPSA) is 110 Å². The van der Waals surface area contributed by atoms with E-state index in [-0.39, 0.29) is 24.3 Å². The number of carbonyl (C=O) groups is 3. The molecule has 2 aliphatic rings. The average molecular weight is 461 g/mol. The highest BCUT2D eigenvalue weighted by Crippen LogP contribution is 2.29. The van der Waals surface area contributed by atoms with Gasteiger partial charge in [-0.2, -0.15) is 0 Å². The number of rotatable bonds is 10. The van der Waals surface area contributed by atoms with Gasteiger partial charge in [0.1, 0.15) is 6.04 Å². The fraction of sp³-hybridized carbons (Fsp3) is 0.696. The number of aromatic nitrogens is 2. The van der Waals surface area contributed by atoms with Crippen LogP contribution >= 0.6 is 0 Å². The zero-order valence-corrected chi connectivity index (χ0v) is 19.7. The summed E-state index contributed by atoms with van der Waals surface area (Å²) in [6.07, 6.45) is 7.91. The van der Waals surface area contributed by atoms with Crippen molar-refractivity contribution in [3.8, 4) is 0 Å². The van der Waals surface area contributed by atoms with Crippen LogP contribution in [0.1, 0.15) is 46.0 Å². The third-order valence-electron chi connectivity index (χ3n) is 6.70. The van der Waals surface area contributed by atoms with Crippen LogP contribution < -0.4 is 4.90 Å². The highest BCUT2D eigenvalue weighted by Gasteiger charge is 2.43. The molecule has 2 saturated heterocycles. The molecule has 0 saturated carbocycles. The maximum atomic E-state index is 13.5. The minimum atomic E-state index is -0.514. The highest BCUT2D eigenvalue weighted by atomic mass is 16.5. The quantitative estimate of drug-likeness (QED) is 0.243. The van der Waals surface area contributed by atoms with E-state index in [1.54, 1.807) is 23.4 Å². The van der Waals surface area contributed by atoms with Gasteiger partial charge in [0.25, 0.3) is 0 Å². The molecule has 0 spiro atoms. The predicted octanol–water partition coefficient (Wildman–Crippen LogP) is 1.41. The van der Waals surface area contributed by atoms with Crippen LogP contribution in [0.4, 0.5) is 5.95 Å². The van der Waals surface area contributed by atoms with E-state index < -0.39 is 12.0 Å². The van der Waals surface area contributed by atoms with E-state index in [2.05, 4.69) is 21.8 Å². The molecule has 2 aliphatic heterocycles. The number of carbonyl (C=O) groups excluding carboxylic acids is 3. The van der Waals surface area contributed by atoms with Gasteiger partial charge < -0.3 is 14.7 Å². The average Bonchev–Trinajstić information content (AvgIpc) is 3.24. The van der Waals surface area contributed by atoms with Gasteiger partial charge in [-0.15, -0.1) is 0 Å². The van der Waals surface area contributed by atoms with Gasteiger partial charge in [0.15, 0.2) is 0 Å². The molecule has 1 aromatic heterocycles. The first-order valence-corrected chi connectivity index (χ1v) is 12.0. The minimum absolute atomic E-state index is 0.0227. The second-order valence-electron chi connectivity index (χ2n) is 9.02. The summed E-state index contributed by atoms with van der Waals surface area (Å²) in [5.41, 5.74) is 0. The van der Waals surface area contributed by atoms with Crippen molar-refractivity contribution in [1.29, 1.82) is 0 Å². The minimum Gasteiger partial charge on any atom is -0.337 e. The Bertz CT molecular complexity index is 786. The first-order chi connectivity index (χ1) is 16.0. The van der Waals surface area contributed by atoms with Gasteiger partial charge in [-0.05, 0) is 24.8 Å². The lowest BCUT2D eigenvalue weighted by molar-refractivity contribution is -0.159. The summed E-state index contributed by atoms with van der Waals surface area (Å²) >= 11 is 0. The molecule has 3 atom stereocenters. The standard InChI is InChI=1S/C23H36N6O4/c1-3-4-5-7-19(16-28(33)17-30)21(31)29-11-8-18(2)20(29)22(32)26-12-14-27(15-13-26)23-24-9-6-10-25-23/h6,9-10,17-20,33H,3-5,7-8,11-16H2,1-2H3/t18-,19+,20-/m0/s1. The Balaban J connectivity index is 1.66. The number of likely N-dealkylation sites (tertiary alicyclic amines) is 1. The summed E-state index contributed by atoms with van der Waals surface area (Å²) in [6, 6.07) is 1.27. The Hall–Kier alpha value is -2.75. The summed E-state index contributed by atoms with van der Waals surface area (Å²) in [5, 5.41) is 10.3. The largest absolute Gasteiger partial charge is 0.337 e. The molecule has 3 amide bonds. The van der Waals surface area contributed by atoms with Crippen molar-refractivity contribution in [2.24, 2.45) is 11.8 Å². The Labute approximate surface area is 195 Å². The third-order valence-corrected chi connectivity index (χ3v) is 6.70. The van der Waals surface area contributed by atoms with Crippen LogP contribution in [0.25, 0.3) is 0 Å². The van der Waals surface area contributed by atoms with Crippen molar-refractivity contribution in [1.82, 2.24) is 24.8 Å². The monoisotopic (exact) mass is 460 g/mol. The second kappa shape index (κ2) is 11.9. The van der Waals surface area contributed by atoms with Crippen molar-refractivity contribution in [3.05, 3.63) is 18.5 Å². The van der Waals surface area contributed by atoms with E-state index in [9.17, 15) is 19.6 Å². The van der Waals surface area contributed by atoms with Gasteiger partial charge in [-0.25, -0.2) is 15.0 Å². The van der Waals surface area contributed by atoms with E-state index in [4.69, 9.17) is 0 Å². The molecule has 10 heteroatoms. The van der Waals surface area contributed by atoms with Crippen LogP contribution in [0.5, 0.6) is 0 Å². The van der Waals surface area contributed by atoms with Gasteiger partial charge in [0.05, 0.1) is 12.5 Å². The summed E-state index contributed by atoms with van der Waals surface area (Å²) in [4.78, 5) is 52.1. The van der Waals surface area contributed by atoms with E-state index in [1.807, 2.05) is 11.8 Å². The summed E-state index contributed by atoms with van der Waals surface area (Å²) < 4.78 is 0. The molecule has 182 valence electrons. The maximum absolute atomic E-state index is 13.5. The van der Waals surface area contributed by atoms with Crippen molar-refractivity contribution in [2.45, 2.75) is 52.0 Å². The molecule has 3 rings (SSSR count). The van der Waals surface area contributed by atoms with Gasteiger partial charge in [-0.1, -0.05) is 33.1 Å². The van der Waals surface area contributed by atoms with Crippen molar-refractivity contribution in [3.63, 3.8) is 0 Å². The lowest BCUT2D eigenvalue weighted by Gasteiger charge is -2.38. The fourth-order valence-electron chi connectivity index (χ4n) is 4.78. The van der Waals surface area contributed by atoms with E-state index in [1.165, 1.54) is 0 Å². The van der Waals surface area contributed by atoms with Gasteiger partial charge in [0.2, 0.25) is 24.2 Å². The van der Waals surface area contributed by atoms with Crippen LogP contribution in [0.15, 0.2) is 18.5 Å². The third kappa shape index (κ3) is 6.19. The molecule has 0 unspecified atom stereocenters. The molecule has 2 fully saturated rings. The van der Waals surface area contributed by atoms with Crippen molar-refractivity contribution < 1.29 is 19.6 Å². The maximum Gasteiger partial charge on any atom is 0.245 e. The molecule has 10 nitrogen and oxygen atoms in total. The summed E-state index contributed by atoms with van der Waals surface area (Å²) in [6.45, 7) is 6.96. The molecule has 0 aromatic carbocycles. The molecular formula is C23H36N6O4. The number of unbranched alkanes of at least 4 members (excludes halogenated alkanes) is 2. The molecule has 0 radical (unpaired) electrons. The van der Waals surface area contributed by atoms with E-state index >= 15 is 0 Å². The van der Waals surface area contributed by atoms with Crippen LogP contribution in [-0.2, 0) is 14.4 Å². The number of nitrogens with zero attached hydrogens (tertiary/aromatic N) is 6. The van der Waals surface area contributed by atoms with Gasteiger partial charge in [0, 0.05) is 45.1 Å². The lowest BCUT2D eigenvalue weighted by Crippen LogP contribution is -2.56. The lowest BCUT2D eigenvalue weighted by atomic mass is 9.97. The first-order valence-electron chi connectivity index (χ1n) is 12.0. The van der Waals surface area contributed by atoms with Crippen molar-refractivity contribution in [2.75, 3.05) is 44.2 Å². The Morgan fingerprint density at radius 1 is 1.18 bits per heavy atom. The SMILES string of the molecule is CCCCC[C@H](CN(O)C=O)C(=O)N1CC[C@H](C)[C@H]1C(=O)N1CCN(c2ncccn2)CC1. The first kappa shape index (κ1) is 24.9.